The zero-order valence-electron chi connectivity index (χ0n) is 16.6. The minimum Gasteiger partial charge on any atom is -0.316 e. The monoisotopic (exact) mass is 366 g/mol. The molecule has 1 spiro atoms. The third-order valence-corrected chi connectivity index (χ3v) is 6.76. The number of hydrazone groups is 1. The fourth-order valence-electron chi connectivity index (χ4n) is 4.95. The Hall–Kier alpha value is -1.98. The summed E-state index contributed by atoms with van der Waals surface area (Å²) in [6.07, 6.45) is 6.87. The van der Waals surface area contributed by atoms with Crippen molar-refractivity contribution >= 4 is 17.7 Å². The third-order valence-electron chi connectivity index (χ3n) is 6.76. The molecule has 2 fully saturated rings. The van der Waals surface area contributed by atoms with Gasteiger partial charge in [0.15, 0.2) is 0 Å². The molecule has 1 aromatic carbocycles. The zero-order valence-corrected chi connectivity index (χ0v) is 16.6. The summed E-state index contributed by atoms with van der Waals surface area (Å²) < 4.78 is 0. The second kappa shape index (κ2) is 6.88. The van der Waals surface area contributed by atoms with E-state index in [1.165, 1.54) is 17.0 Å². The van der Waals surface area contributed by atoms with Crippen LogP contribution in [0.1, 0.15) is 37.8 Å². The van der Waals surface area contributed by atoms with Gasteiger partial charge in [0, 0.05) is 32.0 Å². The molecular weight excluding hydrogens is 336 g/mol. The number of benzene rings is 1. The molecule has 1 amide bonds. The second-order valence-corrected chi connectivity index (χ2v) is 8.45. The highest BCUT2D eigenvalue weighted by molar-refractivity contribution is 6.12. The normalized spacial score (nSPS) is 34.0. The molecule has 0 radical (unpaired) electrons. The second-order valence-electron chi connectivity index (χ2n) is 8.45. The summed E-state index contributed by atoms with van der Waals surface area (Å²) in [5, 5.41) is 12.4. The van der Waals surface area contributed by atoms with Crippen LogP contribution in [0, 0.1) is 11.3 Å². The Kier molecular flexibility index (Phi) is 4.68. The molecule has 3 heterocycles. The van der Waals surface area contributed by atoms with Crippen molar-refractivity contribution in [3.05, 3.63) is 41.5 Å². The van der Waals surface area contributed by atoms with Crippen LogP contribution in [0.15, 0.2) is 35.4 Å². The first-order valence-electron chi connectivity index (χ1n) is 10.0. The van der Waals surface area contributed by atoms with E-state index in [0.29, 0.717) is 11.3 Å². The molecule has 3 atom stereocenters. The van der Waals surface area contributed by atoms with Gasteiger partial charge in [0.1, 0.15) is 5.41 Å². The van der Waals surface area contributed by atoms with E-state index in [9.17, 15) is 4.79 Å². The average molecular weight is 367 g/mol. The molecule has 2 saturated heterocycles. The minimum absolute atomic E-state index is 0.115. The number of fused-ring (bicyclic) bond motifs is 3. The summed E-state index contributed by atoms with van der Waals surface area (Å²) in [6.45, 7) is 8.27. The first-order chi connectivity index (χ1) is 13.0. The lowest BCUT2D eigenvalue weighted by Gasteiger charge is -2.40. The lowest BCUT2D eigenvalue weighted by Crippen LogP contribution is -2.48. The number of nitrogens with one attached hydrogen (secondary N) is 2. The van der Waals surface area contributed by atoms with Gasteiger partial charge in [-0.05, 0) is 43.5 Å². The number of nitrogens with zero attached hydrogens (tertiary/aromatic N) is 2. The van der Waals surface area contributed by atoms with Crippen LogP contribution in [0.5, 0.6) is 0 Å². The molecule has 1 aliphatic carbocycles. The smallest absolute Gasteiger partial charge is 0.255 e. The molecular formula is C22H30N4O. The van der Waals surface area contributed by atoms with Gasteiger partial charge in [0.25, 0.3) is 5.91 Å². The molecule has 2 N–H and O–H groups in total. The van der Waals surface area contributed by atoms with Crippen LogP contribution in [-0.4, -0.2) is 49.9 Å². The maximum absolute atomic E-state index is 11.6. The van der Waals surface area contributed by atoms with E-state index in [0.717, 1.165) is 38.3 Å². The molecule has 1 aromatic rings. The van der Waals surface area contributed by atoms with E-state index < -0.39 is 0 Å². The van der Waals surface area contributed by atoms with E-state index >= 15 is 0 Å². The lowest BCUT2D eigenvalue weighted by molar-refractivity contribution is -0.134. The van der Waals surface area contributed by atoms with E-state index in [1.54, 1.807) is 12.6 Å². The number of carbonyl (C=O) groups excluding carboxylic acids is 1. The van der Waals surface area contributed by atoms with Gasteiger partial charge in [-0.3, -0.25) is 4.79 Å². The maximum Gasteiger partial charge on any atom is 0.255 e. The number of hydrogen-bond acceptors (Lipinski definition) is 4. The van der Waals surface area contributed by atoms with Gasteiger partial charge in [-0.25, -0.2) is 5.01 Å². The van der Waals surface area contributed by atoms with Crippen LogP contribution >= 0.6 is 0 Å². The Bertz CT molecular complexity index is 801. The molecule has 0 saturated carbocycles. The van der Waals surface area contributed by atoms with E-state index in [2.05, 4.69) is 59.1 Å². The predicted molar refractivity (Wildman–Crippen MR) is 110 cm³/mol. The Labute approximate surface area is 161 Å². The predicted octanol–water partition coefficient (Wildman–Crippen LogP) is 2.39. The average Bonchev–Trinajstić information content (AvgIpc) is 3.16. The van der Waals surface area contributed by atoms with Crippen LogP contribution in [0.4, 0.5) is 0 Å². The Morgan fingerprint density at radius 3 is 2.81 bits per heavy atom. The molecule has 3 aliphatic heterocycles. The summed E-state index contributed by atoms with van der Waals surface area (Å²) in [6, 6.07) is 8.84. The third kappa shape index (κ3) is 2.93. The van der Waals surface area contributed by atoms with Gasteiger partial charge < -0.3 is 10.6 Å². The first-order valence-corrected chi connectivity index (χ1v) is 10.0. The number of amides is 1. The summed E-state index contributed by atoms with van der Waals surface area (Å²) >= 11 is 0. The maximum atomic E-state index is 11.6. The Morgan fingerprint density at radius 2 is 2.04 bits per heavy atom. The molecule has 0 aromatic heterocycles. The number of carbonyl (C=O) groups is 1. The fraction of sp³-hybridized carbons (Fsp3) is 0.545. The first kappa shape index (κ1) is 18.4. The summed E-state index contributed by atoms with van der Waals surface area (Å²) in [5.74, 6) is 0.816. The largest absolute Gasteiger partial charge is 0.316 e. The molecule has 5 nitrogen and oxygen atoms in total. The van der Waals surface area contributed by atoms with Crippen LogP contribution in [0.25, 0.3) is 6.08 Å². The standard InChI is InChI=1S/C14H17N.C8H13N3O/c1-11-10-15-9-8-14(11)7-6-12-4-2-3-5-13(12)14;1-8-5-9-4-3-6(8)10-11(2)7(8)12/h2-7,11,15H,8-10H2,1H3;9H,3-5H2,1-2H3. The highest BCUT2D eigenvalue weighted by Crippen LogP contribution is 2.45. The quantitative estimate of drug-likeness (QED) is 0.741. The van der Waals surface area contributed by atoms with Crippen LogP contribution < -0.4 is 10.6 Å². The molecule has 3 unspecified atom stereocenters. The fourth-order valence-corrected chi connectivity index (χ4v) is 4.95. The van der Waals surface area contributed by atoms with Crippen molar-refractivity contribution in [2.75, 3.05) is 33.2 Å². The SMILES string of the molecule is CC1CNCCC12C=Cc1ccccc12.CN1N=C2CCNCC2(C)C1=O. The van der Waals surface area contributed by atoms with Gasteiger partial charge >= 0.3 is 0 Å². The highest BCUT2D eigenvalue weighted by atomic mass is 16.2. The minimum atomic E-state index is -0.354. The zero-order chi connectivity index (χ0) is 19.1. The van der Waals surface area contributed by atoms with Gasteiger partial charge in [-0.15, -0.1) is 0 Å². The topological polar surface area (TPSA) is 56.7 Å². The number of rotatable bonds is 0. The number of piperidine rings is 2. The molecule has 5 heteroatoms. The lowest BCUT2D eigenvalue weighted by atomic mass is 9.68. The van der Waals surface area contributed by atoms with Gasteiger partial charge in [0.2, 0.25) is 0 Å². The van der Waals surface area contributed by atoms with E-state index in [1.807, 2.05) is 6.92 Å². The van der Waals surface area contributed by atoms with Gasteiger partial charge in [0.05, 0.1) is 5.71 Å². The van der Waals surface area contributed by atoms with Crippen molar-refractivity contribution in [2.24, 2.45) is 16.4 Å². The molecule has 144 valence electrons. The summed E-state index contributed by atoms with van der Waals surface area (Å²) in [7, 11) is 1.72. The van der Waals surface area contributed by atoms with Crippen molar-refractivity contribution in [3.63, 3.8) is 0 Å². The number of hydrogen-bond donors (Lipinski definition) is 2. The van der Waals surface area contributed by atoms with Gasteiger partial charge in [-0.1, -0.05) is 43.3 Å². The van der Waals surface area contributed by atoms with Crippen LogP contribution in [0.3, 0.4) is 0 Å². The van der Waals surface area contributed by atoms with E-state index in [4.69, 9.17) is 0 Å². The number of allylic oxidation sites excluding steroid dienone is 1. The van der Waals surface area contributed by atoms with Crippen LogP contribution in [-0.2, 0) is 10.2 Å². The molecule has 0 bridgehead atoms. The van der Waals surface area contributed by atoms with Crippen LogP contribution in [0.2, 0.25) is 0 Å². The van der Waals surface area contributed by atoms with Crippen molar-refractivity contribution < 1.29 is 4.79 Å². The molecule has 4 aliphatic rings. The van der Waals surface area contributed by atoms with Crippen molar-refractivity contribution in [1.82, 2.24) is 15.6 Å². The Balaban J connectivity index is 0.000000137. The van der Waals surface area contributed by atoms with Crippen molar-refractivity contribution in [1.29, 1.82) is 0 Å². The highest BCUT2D eigenvalue weighted by Gasteiger charge is 2.46. The van der Waals surface area contributed by atoms with Crippen molar-refractivity contribution in [3.8, 4) is 0 Å². The van der Waals surface area contributed by atoms with E-state index in [-0.39, 0.29) is 11.3 Å². The van der Waals surface area contributed by atoms with Crippen molar-refractivity contribution in [2.45, 2.75) is 32.1 Å². The molecule has 27 heavy (non-hydrogen) atoms. The summed E-state index contributed by atoms with van der Waals surface area (Å²) in [4.78, 5) is 11.6. The summed E-state index contributed by atoms with van der Waals surface area (Å²) in [5.41, 5.74) is 3.97. The Morgan fingerprint density at radius 1 is 1.22 bits per heavy atom. The molecule has 5 rings (SSSR count). The van der Waals surface area contributed by atoms with Gasteiger partial charge in [-0.2, -0.15) is 5.10 Å².